The molecule has 0 saturated carbocycles. The first-order valence-electron chi connectivity index (χ1n) is 5.13. The molecule has 2 heterocycles. The van der Waals surface area contributed by atoms with E-state index in [9.17, 15) is 14.4 Å². The molecule has 0 aromatic rings. The zero-order valence-electron chi connectivity index (χ0n) is 8.86. The van der Waals surface area contributed by atoms with Gasteiger partial charge in [-0.2, -0.15) is 5.06 Å². The van der Waals surface area contributed by atoms with Gasteiger partial charge in [-0.3, -0.25) is 14.4 Å². The molecule has 2 saturated heterocycles. The van der Waals surface area contributed by atoms with E-state index in [4.69, 9.17) is 4.84 Å². The maximum absolute atomic E-state index is 11.2. The number of imide groups is 1. The molecule has 0 aromatic carbocycles. The van der Waals surface area contributed by atoms with E-state index >= 15 is 0 Å². The molecule has 4 amide bonds. The molecule has 16 heavy (non-hydrogen) atoms. The summed E-state index contributed by atoms with van der Waals surface area (Å²) in [4.78, 5) is 38.5. The predicted molar refractivity (Wildman–Crippen MR) is 52.0 cm³/mol. The largest absolute Gasteiger partial charge is 0.334 e. The Balaban J connectivity index is 1.85. The molecule has 0 spiro atoms. The van der Waals surface area contributed by atoms with Gasteiger partial charge < -0.3 is 10.6 Å². The SMILES string of the molecule is C[C@@H]1NC(=O)N[C@@H]1CON1C(=O)CCC1=O. The molecular formula is C9H13N3O4. The fourth-order valence-electron chi connectivity index (χ4n) is 1.68. The minimum Gasteiger partial charge on any atom is -0.334 e. The number of nitrogens with zero attached hydrogens (tertiary/aromatic N) is 1. The second-order valence-electron chi connectivity index (χ2n) is 3.89. The molecule has 0 bridgehead atoms. The van der Waals surface area contributed by atoms with Crippen molar-refractivity contribution in [3.63, 3.8) is 0 Å². The van der Waals surface area contributed by atoms with Gasteiger partial charge in [-0.15, -0.1) is 0 Å². The van der Waals surface area contributed by atoms with Crippen molar-refractivity contribution < 1.29 is 19.2 Å². The van der Waals surface area contributed by atoms with Crippen molar-refractivity contribution in [1.82, 2.24) is 15.7 Å². The van der Waals surface area contributed by atoms with Crippen LogP contribution in [0.4, 0.5) is 4.79 Å². The van der Waals surface area contributed by atoms with Gasteiger partial charge in [-0.1, -0.05) is 0 Å². The maximum atomic E-state index is 11.2. The summed E-state index contributed by atoms with van der Waals surface area (Å²) in [6.07, 6.45) is 0.396. The van der Waals surface area contributed by atoms with Gasteiger partial charge in [0.05, 0.1) is 18.7 Å². The summed E-state index contributed by atoms with van der Waals surface area (Å²) in [6, 6.07) is -0.575. The number of carbonyl (C=O) groups excluding carboxylic acids is 3. The maximum Gasteiger partial charge on any atom is 0.315 e. The molecule has 88 valence electrons. The first-order valence-corrected chi connectivity index (χ1v) is 5.13. The van der Waals surface area contributed by atoms with E-state index in [0.29, 0.717) is 0 Å². The number of hydroxylamine groups is 2. The predicted octanol–water partition coefficient (Wildman–Crippen LogP) is -0.863. The van der Waals surface area contributed by atoms with Gasteiger partial charge in [0.1, 0.15) is 0 Å². The molecule has 2 atom stereocenters. The number of hydrogen-bond donors (Lipinski definition) is 2. The van der Waals surface area contributed by atoms with Gasteiger partial charge >= 0.3 is 6.03 Å². The van der Waals surface area contributed by atoms with Crippen LogP contribution in [-0.2, 0) is 14.4 Å². The number of hydrogen-bond acceptors (Lipinski definition) is 4. The molecule has 7 heteroatoms. The van der Waals surface area contributed by atoms with Gasteiger partial charge in [-0.05, 0) is 6.92 Å². The summed E-state index contributed by atoms with van der Waals surface area (Å²) in [7, 11) is 0. The Hall–Kier alpha value is -1.63. The van der Waals surface area contributed by atoms with Gasteiger partial charge in [0, 0.05) is 12.8 Å². The molecule has 2 N–H and O–H groups in total. The first-order chi connectivity index (χ1) is 7.58. The molecule has 0 aromatic heterocycles. The van der Waals surface area contributed by atoms with Crippen LogP contribution in [0.2, 0.25) is 0 Å². The second-order valence-corrected chi connectivity index (χ2v) is 3.89. The zero-order chi connectivity index (χ0) is 11.7. The smallest absolute Gasteiger partial charge is 0.315 e. The van der Waals surface area contributed by atoms with Crippen LogP contribution in [0.3, 0.4) is 0 Å². The van der Waals surface area contributed by atoms with Crippen molar-refractivity contribution in [2.75, 3.05) is 6.61 Å². The summed E-state index contributed by atoms with van der Waals surface area (Å²) >= 11 is 0. The molecule has 2 fully saturated rings. The zero-order valence-corrected chi connectivity index (χ0v) is 8.86. The number of carbonyl (C=O) groups is 3. The fraction of sp³-hybridized carbons (Fsp3) is 0.667. The molecule has 2 aliphatic rings. The summed E-state index contributed by atoms with van der Waals surface area (Å²) < 4.78 is 0. The Kier molecular flexibility index (Phi) is 2.78. The van der Waals surface area contributed by atoms with E-state index in [1.165, 1.54) is 0 Å². The summed E-state index contributed by atoms with van der Waals surface area (Å²) in [5.41, 5.74) is 0. The molecular weight excluding hydrogens is 214 g/mol. The Bertz CT molecular complexity index is 328. The quantitative estimate of drug-likeness (QED) is 0.614. The normalized spacial score (nSPS) is 29.6. The van der Waals surface area contributed by atoms with Crippen LogP contribution in [0.25, 0.3) is 0 Å². The highest BCUT2D eigenvalue weighted by atomic mass is 16.7. The number of rotatable bonds is 3. The lowest BCUT2D eigenvalue weighted by Crippen LogP contribution is -2.40. The third-order valence-corrected chi connectivity index (χ3v) is 2.67. The second kappa shape index (κ2) is 4.09. The van der Waals surface area contributed by atoms with Crippen molar-refractivity contribution >= 4 is 17.8 Å². The lowest BCUT2D eigenvalue weighted by Gasteiger charge is -2.18. The van der Waals surface area contributed by atoms with Crippen LogP contribution in [-0.4, -0.2) is 41.6 Å². The average Bonchev–Trinajstić information content (AvgIpc) is 2.69. The molecule has 0 aliphatic carbocycles. The molecule has 0 radical (unpaired) electrons. The van der Waals surface area contributed by atoms with Gasteiger partial charge in [0.2, 0.25) is 0 Å². The van der Waals surface area contributed by atoms with Crippen molar-refractivity contribution in [3.8, 4) is 0 Å². The Morgan fingerprint density at radius 1 is 1.25 bits per heavy atom. The van der Waals surface area contributed by atoms with Crippen LogP contribution in [0, 0.1) is 0 Å². The number of amides is 4. The first kappa shape index (κ1) is 10.9. The average molecular weight is 227 g/mol. The molecule has 2 aliphatic heterocycles. The summed E-state index contributed by atoms with van der Waals surface area (Å²) in [6.45, 7) is 1.93. The van der Waals surface area contributed by atoms with E-state index in [0.717, 1.165) is 5.06 Å². The minimum absolute atomic E-state index is 0.0830. The fourth-order valence-corrected chi connectivity index (χ4v) is 1.68. The standard InChI is InChI=1S/C9H13N3O4/c1-5-6(11-9(15)10-5)4-16-12-7(13)2-3-8(12)14/h5-6H,2-4H2,1H3,(H2,10,11,15)/t5-,6+/m0/s1. The Morgan fingerprint density at radius 3 is 2.38 bits per heavy atom. The van der Waals surface area contributed by atoms with E-state index in [1.54, 1.807) is 0 Å². The van der Waals surface area contributed by atoms with Crippen LogP contribution < -0.4 is 10.6 Å². The lowest BCUT2D eigenvalue weighted by atomic mass is 10.2. The third-order valence-electron chi connectivity index (χ3n) is 2.67. The van der Waals surface area contributed by atoms with Crippen molar-refractivity contribution in [2.24, 2.45) is 0 Å². The van der Waals surface area contributed by atoms with Crippen molar-refractivity contribution in [3.05, 3.63) is 0 Å². The van der Waals surface area contributed by atoms with E-state index in [-0.39, 0.29) is 49.4 Å². The highest BCUT2D eigenvalue weighted by Gasteiger charge is 2.33. The number of nitrogens with one attached hydrogen (secondary N) is 2. The van der Waals surface area contributed by atoms with Crippen LogP contribution >= 0.6 is 0 Å². The van der Waals surface area contributed by atoms with Crippen molar-refractivity contribution in [2.45, 2.75) is 31.8 Å². The molecule has 2 rings (SSSR count). The summed E-state index contributed by atoms with van der Waals surface area (Å²) in [5.74, 6) is -0.648. The van der Waals surface area contributed by atoms with E-state index in [1.807, 2.05) is 6.92 Å². The molecule has 7 nitrogen and oxygen atoms in total. The van der Waals surface area contributed by atoms with Gasteiger partial charge in [0.25, 0.3) is 11.8 Å². The Labute approximate surface area is 92.1 Å². The lowest BCUT2D eigenvalue weighted by molar-refractivity contribution is -0.189. The van der Waals surface area contributed by atoms with Crippen molar-refractivity contribution in [1.29, 1.82) is 0 Å². The Morgan fingerprint density at radius 2 is 1.88 bits per heavy atom. The van der Waals surface area contributed by atoms with Gasteiger partial charge in [0.15, 0.2) is 0 Å². The highest BCUT2D eigenvalue weighted by molar-refractivity contribution is 6.00. The summed E-state index contributed by atoms with van der Waals surface area (Å²) in [5, 5.41) is 6.07. The minimum atomic E-state index is -0.324. The topological polar surface area (TPSA) is 87.7 Å². The van der Waals surface area contributed by atoms with Crippen LogP contribution in [0.5, 0.6) is 0 Å². The number of urea groups is 1. The molecule has 0 unspecified atom stereocenters. The van der Waals surface area contributed by atoms with Gasteiger partial charge in [-0.25, -0.2) is 4.79 Å². The van der Waals surface area contributed by atoms with Crippen LogP contribution in [0.15, 0.2) is 0 Å². The van der Waals surface area contributed by atoms with Crippen LogP contribution in [0.1, 0.15) is 19.8 Å². The van der Waals surface area contributed by atoms with E-state index < -0.39 is 0 Å². The monoisotopic (exact) mass is 227 g/mol. The van der Waals surface area contributed by atoms with E-state index in [2.05, 4.69) is 10.6 Å². The third kappa shape index (κ3) is 1.99. The highest BCUT2D eigenvalue weighted by Crippen LogP contribution is 2.13.